The molecule has 2 aromatic rings. The fourth-order valence-electron chi connectivity index (χ4n) is 1.78. The maximum absolute atomic E-state index is 13.6. The van der Waals surface area contributed by atoms with Gasteiger partial charge in [-0.25, -0.2) is 8.60 Å². The van der Waals surface area contributed by atoms with Crippen molar-refractivity contribution < 1.29 is 18.1 Å². The summed E-state index contributed by atoms with van der Waals surface area (Å²) in [5, 5.41) is 8.02. The van der Waals surface area contributed by atoms with E-state index in [4.69, 9.17) is 9.88 Å². The van der Waals surface area contributed by atoms with Gasteiger partial charge in [-0.1, -0.05) is 0 Å². The number of ether oxygens (including phenoxy) is 1. The van der Waals surface area contributed by atoms with Crippen molar-refractivity contribution in [1.29, 1.82) is 0 Å². The lowest BCUT2D eigenvalue weighted by Crippen LogP contribution is -2.14. The molecule has 116 valence electrons. The normalized spacial score (nSPS) is 13.2. The molecule has 0 saturated carbocycles. The second-order valence-electron chi connectivity index (χ2n) is 4.55. The van der Waals surface area contributed by atoms with Gasteiger partial charge >= 0.3 is 0 Å². The molecule has 22 heavy (non-hydrogen) atoms. The average Bonchev–Trinajstić information content (AvgIpc) is 2.46. The van der Waals surface area contributed by atoms with E-state index in [2.05, 4.69) is 11.2 Å². The topological polar surface area (TPSA) is 81.4 Å². The number of amides is 1. The number of nitrogens with one attached hydrogen (secondary N) is 1. The highest BCUT2D eigenvalue weighted by Gasteiger charge is 2.10. The van der Waals surface area contributed by atoms with Crippen LogP contribution in [0, 0.1) is 5.82 Å². The first-order valence-electron chi connectivity index (χ1n) is 6.21. The van der Waals surface area contributed by atoms with E-state index >= 15 is 0 Å². The molecule has 0 aliphatic heterocycles. The van der Waals surface area contributed by atoms with Crippen molar-refractivity contribution in [3.05, 3.63) is 53.8 Å². The van der Waals surface area contributed by atoms with Crippen LogP contribution in [-0.2, 0) is 9.71 Å². The maximum atomic E-state index is 13.6. The van der Waals surface area contributed by atoms with Crippen LogP contribution in [0.3, 0.4) is 0 Å². The molecule has 3 N–H and O–H groups in total. The first-order valence-corrected chi connectivity index (χ1v) is 8.00. The van der Waals surface area contributed by atoms with Crippen LogP contribution in [0.2, 0.25) is 0 Å². The number of halogens is 1. The monoisotopic (exact) mass is 322 g/mol. The molecule has 0 radical (unpaired) electrons. The number of methoxy groups -OCH3 is 1. The molecule has 2 aromatic carbocycles. The molecule has 2 rings (SSSR count). The second kappa shape index (κ2) is 6.17. The van der Waals surface area contributed by atoms with Crippen LogP contribution < -0.4 is 15.2 Å². The van der Waals surface area contributed by atoms with E-state index in [0.717, 1.165) is 6.07 Å². The quantitative estimate of drug-likeness (QED) is 0.845. The van der Waals surface area contributed by atoms with E-state index in [1.54, 1.807) is 12.1 Å². The average molecular weight is 322 g/mol. The highest BCUT2D eigenvalue weighted by atomic mass is 32.2. The molecular formula is C15H15FN2O3S. The summed E-state index contributed by atoms with van der Waals surface area (Å²) in [7, 11) is -1.44. The lowest BCUT2D eigenvalue weighted by Gasteiger charge is -2.08. The molecule has 1 atom stereocenters. The molecule has 0 bridgehead atoms. The van der Waals surface area contributed by atoms with Gasteiger partial charge in [0.2, 0.25) is 0 Å². The van der Waals surface area contributed by atoms with Gasteiger partial charge < -0.3 is 10.1 Å². The van der Waals surface area contributed by atoms with Crippen LogP contribution in [0.5, 0.6) is 5.75 Å². The minimum absolute atomic E-state index is 0.0639. The van der Waals surface area contributed by atoms with E-state index in [1.165, 1.54) is 31.4 Å². The minimum Gasteiger partial charge on any atom is -0.494 e. The molecule has 0 spiro atoms. The summed E-state index contributed by atoms with van der Waals surface area (Å²) in [5.74, 6) is 2.34. The fourth-order valence-corrected chi connectivity index (χ4v) is 2.38. The first kappa shape index (κ1) is 16.0. The van der Waals surface area contributed by atoms with Crippen LogP contribution in [0.4, 0.5) is 10.1 Å². The van der Waals surface area contributed by atoms with Crippen LogP contribution in [0.25, 0.3) is 0 Å². The largest absolute Gasteiger partial charge is 0.494 e. The van der Waals surface area contributed by atoms with E-state index in [0.29, 0.717) is 10.6 Å². The Labute approximate surface area is 128 Å². The smallest absolute Gasteiger partial charge is 0.255 e. The zero-order chi connectivity index (χ0) is 16.3. The highest BCUT2D eigenvalue weighted by Crippen LogP contribution is 2.19. The number of benzene rings is 2. The van der Waals surface area contributed by atoms with Gasteiger partial charge in [0.15, 0.2) is 11.6 Å². The lowest BCUT2D eigenvalue weighted by atomic mass is 10.2. The molecule has 0 aliphatic rings. The van der Waals surface area contributed by atoms with Crippen molar-refractivity contribution in [3.63, 3.8) is 0 Å². The number of carbonyl (C=O) groups excluding carboxylic acids is 1. The van der Waals surface area contributed by atoms with Crippen LogP contribution >= 0.6 is 0 Å². The SMILES string of the molecule is C=S(N)(=O)c1ccc(NC(=O)c2ccc(OC)c(F)c2)cc1. The van der Waals surface area contributed by atoms with Gasteiger partial charge in [-0.15, -0.1) is 0 Å². The molecule has 0 aliphatic carbocycles. The summed E-state index contributed by atoms with van der Waals surface area (Å²) in [5.41, 5.74) is 0.621. The third kappa shape index (κ3) is 3.63. The number of nitrogens with two attached hydrogens (primary N) is 1. The number of hydrogen-bond acceptors (Lipinski definition) is 3. The highest BCUT2D eigenvalue weighted by molar-refractivity contribution is 7.98. The number of anilines is 1. The third-order valence-corrected chi connectivity index (χ3v) is 4.00. The van der Waals surface area contributed by atoms with Crippen molar-refractivity contribution in [2.45, 2.75) is 4.90 Å². The Morgan fingerprint density at radius 1 is 1.27 bits per heavy atom. The van der Waals surface area contributed by atoms with Crippen LogP contribution in [-0.4, -0.2) is 23.1 Å². The Balaban J connectivity index is 2.17. The number of hydrogen-bond donors (Lipinski definition) is 2. The molecule has 0 saturated heterocycles. The second-order valence-corrected chi connectivity index (χ2v) is 6.48. The molecule has 1 amide bonds. The molecular weight excluding hydrogens is 307 g/mol. The van der Waals surface area contributed by atoms with E-state index in [9.17, 15) is 13.4 Å². The summed E-state index contributed by atoms with van der Waals surface area (Å²) < 4.78 is 29.9. The molecule has 0 fully saturated rings. The standard InChI is InChI=1S/C15H15FN2O3S/c1-21-14-8-3-10(9-13(14)16)15(19)18-11-4-6-12(7-5-11)22(2,17)20/h3-9H,2H2,1H3,(H2,17,20)(H,18,19). The van der Waals surface area contributed by atoms with Crippen molar-refractivity contribution >= 4 is 27.2 Å². The Kier molecular flexibility index (Phi) is 4.48. The summed E-state index contributed by atoms with van der Waals surface area (Å²) in [4.78, 5) is 12.4. The summed E-state index contributed by atoms with van der Waals surface area (Å²) in [6.07, 6.45) is 0. The van der Waals surface area contributed by atoms with Gasteiger partial charge in [-0.05, 0) is 48.3 Å². The summed E-state index contributed by atoms with van der Waals surface area (Å²) in [6, 6.07) is 10.0. The predicted octanol–water partition coefficient (Wildman–Crippen LogP) is 2.04. The third-order valence-electron chi connectivity index (χ3n) is 2.93. The van der Waals surface area contributed by atoms with Crippen molar-refractivity contribution in [3.8, 4) is 5.75 Å². The predicted molar refractivity (Wildman–Crippen MR) is 85.1 cm³/mol. The first-order chi connectivity index (χ1) is 10.3. The van der Waals surface area contributed by atoms with Gasteiger partial charge in [0.1, 0.15) is 0 Å². The fraction of sp³-hybridized carbons (Fsp3) is 0.0667. The van der Waals surface area contributed by atoms with Crippen LogP contribution in [0.1, 0.15) is 10.4 Å². The van der Waals surface area contributed by atoms with Gasteiger partial charge in [-0.2, -0.15) is 0 Å². The van der Waals surface area contributed by atoms with Crippen molar-refractivity contribution in [1.82, 2.24) is 0 Å². The van der Waals surface area contributed by atoms with Gasteiger partial charge in [-0.3, -0.25) is 9.93 Å². The molecule has 0 heterocycles. The Morgan fingerprint density at radius 2 is 1.91 bits per heavy atom. The molecule has 7 heteroatoms. The Bertz CT molecular complexity index is 802. The summed E-state index contributed by atoms with van der Waals surface area (Å²) in [6.45, 7) is 0. The minimum atomic E-state index is -2.79. The van der Waals surface area contributed by atoms with E-state index < -0.39 is 21.4 Å². The summed E-state index contributed by atoms with van der Waals surface area (Å²) >= 11 is 0. The molecule has 5 nitrogen and oxygen atoms in total. The number of rotatable bonds is 4. The Morgan fingerprint density at radius 3 is 2.41 bits per heavy atom. The van der Waals surface area contributed by atoms with Gasteiger partial charge in [0, 0.05) is 16.1 Å². The van der Waals surface area contributed by atoms with Gasteiger partial charge in [0.25, 0.3) is 5.91 Å². The Hall–Kier alpha value is -2.38. The zero-order valence-corrected chi connectivity index (χ0v) is 12.7. The van der Waals surface area contributed by atoms with Crippen molar-refractivity contribution in [2.24, 2.45) is 5.14 Å². The van der Waals surface area contributed by atoms with E-state index in [-0.39, 0.29) is 11.3 Å². The molecule has 0 aromatic heterocycles. The maximum Gasteiger partial charge on any atom is 0.255 e. The van der Waals surface area contributed by atoms with Crippen molar-refractivity contribution in [2.75, 3.05) is 12.4 Å². The zero-order valence-electron chi connectivity index (χ0n) is 11.8. The van der Waals surface area contributed by atoms with E-state index in [1.807, 2.05) is 0 Å². The van der Waals surface area contributed by atoms with Gasteiger partial charge in [0.05, 0.1) is 16.8 Å². The lowest BCUT2D eigenvalue weighted by molar-refractivity contribution is 0.102. The van der Waals surface area contributed by atoms with Crippen LogP contribution in [0.15, 0.2) is 47.4 Å². The molecule has 1 unspecified atom stereocenters. The number of carbonyl (C=O) groups is 1.